The zero-order valence-electron chi connectivity index (χ0n) is 10.8. The number of rotatable bonds is 6. The Balaban J connectivity index is 2.51. The molecule has 1 aromatic heterocycles. The monoisotopic (exact) mass is 268 g/mol. The zero-order valence-corrected chi connectivity index (χ0v) is 10.8. The summed E-state index contributed by atoms with van der Waals surface area (Å²) >= 11 is 0. The molecule has 1 rings (SSSR count). The molecule has 0 fully saturated rings. The van der Waals surface area contributed by atoms with Crippen LogP contribution in [0.3, 0.4) is 0 Å². The first-order chi connectivity index (χ1) is 8.93. The van der Waals surface area contributed by atoms with Crippen molar-refractivity contribution in [1.29, 1.82) is 0 Å². The van der Waals surface area contributed by atoms with Crippen molar-refractivity contribution >= 4 is 17.8 Å². The van der Waals surface area contributed by atoms with Crippen molar-refractivity contribution < 1.29 is 19.5 Å². The average molecular weight is 268 g/mol. The van der Waals surface area contributed by atoms with E-state index in [9.17, 15) is 14.4 Å². The molecule has 0 radical (unpaired) electrons. The molecule has 0 spiro atoms. The lowest BCUT2D eigenvalue weighted by Gasteiger charge is -2.04. The van der Waals surface area contributed by atoms with Crippen LogP contribution in [-0.2, 0) is 23.1 Å². The Morgan fingerprint density at radius 1 is 1.32 bits per heavy atom. The van der Waals surface area contributed by atoms with Gasteiger partial charge in [-0.3, -0.25) is 19.1 Å². The van der Waals surface area contributed by atoms with Crippen LogP contribution in [0.15, 0.2) is 6.20 Å². The number of amides is 2. The SMILES string of the molecule is CCc1nn(C)cc1C(=O)NCC(=O)NCC(=O)O. The van der Waals surface area contributed by atoms with Gasteiger partial charge in [-0.15, -0.1) is 0 Å². The van der Waals surface area contributed by atoms with Gasteiger partial charge in [-0.1, -0.05) is 6.92 Å². The first kappa shape index (κ1) is 14.7. The highest BCUT2D eigenvalue weighted by atomic mass is 16.4. The Labute approximate surface area is 109 Å². The largest absolute Gasteiger partial charge is 0.480 e. The number of nitrogens with one attached hydrogen (secondary N) is 2. The van der Waals surface area contributed by atoms with Crippen molar-refractivity contribution in [2.75, 3.05) is 13.1 Å². The number of aliphatic carboxylic acids is 1. The van der Waals surface area contributed by atoms with Crippen LogP contribution in [0, 0.1) is 0 Å². The summed E-state index contributed by atoms with van der Waals surface area (Å²) in [5.74, 6) is -2.10. The molecule has 0 unspecified atom stereocenters. The minimum absolute atomic E-state index is 0.274. The third-order valence-corrected chi connectivity index (χ3v) is 2.33. The molecule has 0 saturated heterocycles. The maximum Gasteiger partial charge on any atom is 0.322 e. The summed E-state index contributed by atoms with van der Waals surface area (Å²) in [6.45, 7) is 1.13. The normalized spacial score (nSPS) is 10.0. The topological polar surface area (TPSA) is 113 Å². The lowest BCUT2D eigenvalue weighted by Crippen LogP contribution is -2.39. The Morgan fingerprint density at radius 2 is 2.00 bits per heavy atom. The van der Waals surface area contributed by atoms with Crippen LogP contribution >= 0.6 is 0 Å². The van der Waals surface area contributed by atoms with E-state index in [1.165, 1.54) is 4.68 Å². The second-order valence-electron chi connectivity index (χ2n) is 3.87. The standard InChI is InChI=1S/C11H16N4O4/c1-3-8-7(6-15(2)14-8)11(19)13-4-9(16)12-5-10(17)18/h6H,3-5H2,1-2H3,(H,12,16)(H,13,19)(H,17,18). The maximum absolute atomic E-state index is 11.8. The van der Waals surface area contributed by atoms with Crippen LogP contribution in [0.1, 0.15) is 23.0 Å². The van der Waals surface area contributed by atoms with Gasteiger partial charge in [0.1, 0.15) is 6.54 Å². The molecule has 0 atom stereocenters. The average Bonchev–Trinajstić information content (AvgIpc) is 2.74. The van der Waals surface area contributed by atoms with Crippen LogP contribution in [0.25, 0.3) is 0 Å². The van der Waals surface area contributed by atoms with E-state index in [4.69, 9.17) is 5.11 Å². The van der Waals surface area contributed by atoms with Gasteiger partial charge >= 0.3 is 5.97 Å². The molecule has 1 heterocycles. The molecule has 104 valence electrons. The van der Waals surface area contributed by atoms with Crippen molar-refractivity contribution in [2.24, 2.45) is 7.05 Å². The minimum Gasteiger partial charge on any atom is -0.480 e. The molecular formula is C11H16N4O4. The summed E-state index contributed by atoms with van der Waals surface area (Å²) < 4.78 is 1.53. The molecule has 0 aromatic carbocycles. The number of carbonyl (C=O) groups excluding carboxylic acids is 2. The van der Waals surface area contributed by atoms with Gasteiger partial charge in [-0.25, -0.2) is 0 Å². The second-order valence-corrected chi connectivity index (χ2v) is 3.87. The molecule has 0 saturated carbocycles. The van der Waals surface area contributed by atoms with Crippen LogP contribution in [-0.4, -0.2) is 45.8 Å². The molecule has 2 amide bonds. The highest BCUT2D eigenvalue weighted by molar-refractivity contribution is 5.97. The van der Waals surface area contributed by atoms with Gasteiger partial charge in [-0.2, -0.15) is 5.10 Å². The molecule has 0 aliphatic heterocycles. The lowest BCUT2D eigenvalue weighted by atomic mass is 10.2. The van der Waals surface area contributed by atoms with Gasteiger partial charge in [0.05, 0.1) is 17.8 Å². The lowest BCUT2D eigenvalue weighted by molar-refractivity contribution is -0.137. The predicted molar refractivity (Wildman–Crippen MR) is 65.6 cm³/mol. The van der Waals surface area contributed by atoms with Crippen LogP contribution in [0.4, 0.5) is 0 Å². The number of aryl methyl sites for hydroxylation is 2. The van der Waals surface area contributed by atoms with Gasteiger partial charge in [0.2, 0.25) is 5.91 Å². The third kappa shape index (κ3) is 4.41. The quantitative estimate of drug-likeness (QED) is 0.607. The van der Waals surface area contributed by atoms with E-state index < -0.39 is 24.3 Å². The fourth-order valence-corrected chi connectivity index (χ4v) is 1.48. The Morgan fingerprint density at radius 3 is 2.58 bits per heavy atom. The van der Waals surface area contributed by atoms with Crippen LogP contribution in [0.5, 0.6) is 0 Å². The van der Waals surface area contributed by atoms with Crippen molar-refractivity contribution in [3.63, 3.8) is 0 Å². The fraction of sp³-hybridized carbons (Fsp3) is 0.455. The molecule has 19 heavy (non-hydrogen) atoms. The van der Waals surface area contributed by atoms with Crippen molar-refractivity contribution in [3.05, 3.63) is 17.5 Å². The maximum atomic E-state index is 11.8. The summed E-state index contributed by atoms with van der Waals surface area (Å²) in [6.07, 6.45) is 2.18. The second kappa shape index (κ2) is 6.53. The minimum atomic E-state index is -1.14. The highest BCUT2D eigenvalue weighted by Gasteiger charge is 2.15. The number of carboxylic acids is 1. The number of hydrogen-bond donors (Lipinski definition) is 3. The van der Waals surface area contributed by atoms with E-state index in [1.807, 2.05) is 6.92 Å². The summed E-state index contributed by atoms with van der Waals surface area (Å²) in [5.41, 5.74) is 1.06. The van der Waals surface area contributed by atoms with Gasteiger partial charge in [0.25, 0.3) is 5.91 Å². The molecule has 8 nitrogen and oxygen atoms in total. The van der Waals surface area contributed by atoms with Crippen molar-refractivity contribution in [3.8, 4) is 0 Å². The molecule has 1 aromatic rings. The summed E-state index contributed by atoms with van der Waals surface area (Å²) in [6, 6.07) is 0. The van der Waals surface area contributed by atoms with Crippen molar-refractivity contribution in [1.82, 2.24) is 20.4 Å². The molecule has 3 N–H and O–H groups in total. The Kier molecular flexibility index (Phi) is 5.04. The number of nitrogens with zero attached hydrogens (tertiary/aromatic N) is 2. The van der Waals surface area contributed by atoms with Gasteiger partial charge in [0, 0.05) is 13.2 Å². The molecule has 0 bridgehead atoms. The van der Waals surface area contributed by atoms with E-state index in [-0.39, 0.29) is 6.54 Å². The van der Waals surface area contributed by atoms with E-state index >= 15 is 0 Å². The fourth-order valence-electron chi connectivity index (χ4n) is 1.48. The number of hydrogen-bond acceptors (Lipinski definition) is 4. The van der Waals surface area contributed by atoms with E-state index in [2.05, 4.69) is 15.7 Å². The van der Waals surface area contributed by atoms with Crippen molar-refractivity contribution in [2.45, 2.75) is 13.3 Å². The number of aromatic nitrogens is 2. The summed E-state index contributed by atoms with van der Waals surface area (Å²) in [5, 5.41) is 17.1. The van der Waals surface area contributed by atoms with E-state index in [0.29, 0.717) is 17.7 Å². The van der Waals surface area contributed by atoms with Crippen LogP contribution in [0.2, 0.25) is 0 Å². The summed E-state index contributed by atoms with van der Waals surface area (Å²) in [4.78, 5) is 33.3. The Bertz CT molecular complexity index is 495. The first-order valence-electron chi connectivity index (χ1n) is 5.73. The number of carbonyl (C=O) groups is 3. The van der Waals surface area contributed by atoms with Gasteiger partial charge in [-0.05, 0) is 6.42 Å². The molecule has 0 aliphatic carbocycles. The first-order valence-corrected chi connectivity index (χ1v) is 5.73. The summed E-state index contributed by atoms with van der Waals surface area (Å²) in [7, 11) is 1.70. The zero-order chi connectivity index (χ0) is 14.4. The predicted octanol–water partition coefficient (Wildman–Crippen LogP) is -1.09. The van der Waals surface area contributed by atoms with Gasteiger partial charge < -0.3 is 15.7 Å². The third-order valence-electron chi connectivity index (χ3n) is 2.33. The van der Waals surface area contributed by atoms with Gasteiger partial charge in [0.15, 0.2) is 0 Å². The molecule has 0 aliphatic rings. The van der Waals surface area contributed by atoms with E-state index in [0.717, 1.165) is 0 Å². The highest BCUT2D eigenvalue weighted by Crippen LogP contribution is 2.06. The molecular weight excluding hydrogens is 252 g/mol. The van der Waals surface area contributed by atoms with E-state index in [1.54, 1.807) is 13.2 Å². The molecule has 8 heteroatoms. The van der Waals surface area contributed by atoms with Crippen LogP contribution < -0.4 is 10.6 Å². The smallest absolute Gasteiger partial charge is 0.322 e. The number of carboxylic acid groups (broad SMARTS) is 1. The Hall–Kier alpha value is -2.38.